The lowest BCUT2D eigenvalue weighted by atomic mass is 9.94. The summed E-state index contributed by atoms with van der Waals surface area (Å²) in [6.07, 6.45) is 1.80. The molecule has 126 valence electrons. The van der Waals surface area contributed by atoms with E-state index >= 15 is 0 Å². The first-order chi connectivity index (χ1) is 11.6. The number of benzene rings is 1. The normalized spacial score (nSPS) is 19.1. The van der Waals surface area contributed by atoms with Crippen LogP contribution in [0.4, 0.5) is 0 Å². The van der Waals surface area contributed by atoms with Gasteiger partial charge in [-0.3, -0.25) is 9.59 Å². The standard InChI is InChI=1S/C19H22N2O2S/c1-21-10-9-15(13-18(21)22)19(23)20-16(17-8-5-11-24-17)12-14-6-3-2-4-7-14/h2-8,11,15-16H,9-10,12-13H2,1H3,(H,20,23)/t15-,16+/m0/s1. The van der Waals surface area contributed by atoms with Gasteiger partial charge in [0.2, 0.25) is 11.8 Å². The highest BCUT2D eigenvalue weighted by Crippen LogP contribution is 2.25. The van der Waals surface area contributed by atoms with Gasteiger partial charge in [0.15, 0.2) is 0 Å². The SMILES string of the molecule is CN1CC[C@H](C(=O)N[C@H](Cc2ccccc2)c2cccs2)CC1=O. The average molecular weight is 342 g/mol. The number of carbonyl (C=O) groups is 2. The third kappa shape index (κ3) is 4.03. The monoisotopic (exact) mass is 342 g/mol. The molecule has 1 N–H and O–H groups in total. The Morgan fingerprint density at radius 1 is 1.29 bits per heavy atom. The minimum atomic E-state index is -0.216. The van der Waals surface area contributed by atoms with Crippen LogP contribution >= 0.6 is 11.3 Å². The van der Waals surface area contributed by atoms with Crippen molar-refractivity contribution in [1.82, 2.24) is 10.2 Å². The van der Waals surface area contributed by atoms with Crippen molar-refractivity contribution in [3.63, 3.8) is 0 Å². The molecule has 5 heteroatoms. The Kier molecular flexibility index (Phi) is 5.30. The van der Waals surface area contributed by atoms with Crippen LogP contribution in [-0.2, 0) is 16.0 Å². The highest BCUT2D eigenvalue weighted by atomic mass is 32.1. The number of rotatable bonds is 5. The lowest BCUT2D eigenvalue weighted by Crippen LogP contribution is -2.43. The molecular weight excluding hydrogens is 320 g/mol. The lowest BCUT2D eigenvalue weighted by molar-refractivity contribution is -0.139. The average Bonchev–Trinajstić information content (AvgIpc) is 3.12. The summed E-state index contributed by atoms with van der Waals surface area (Å²) in [4.78, 5) is 27.4. The van der Waals surface area contributed by atoms with Gasteiger partial charge in [-0.1, -0.05) is 36.4 Å². The van der Waals surface area contributed by atoms with Crippen LogP contribution in [0.1, 0.15) is 29.3 Å². The summed E-state index contributed by atoms with van der Waals surface area (Å²) >= 11 is 1.65. The van der Waals surface area contributed by atoms with Gasteiger partial charge < -0.3 is 10.2 Å². The van der Waals surface area contributed by atoms with Gasteiger partial charge in [-0.15, -0.1) is 11.3 Å². The molecule has 24 heavy (non-hydrogen) atoms. The molecule has 1 saturated heterocycles. The van der Waals surface area contributed by atoms with Gasteiger partial charge in [0, 0.05) is 30.8 Å². The van der Waals surface area contributed by atoms with E-state index in [4.69, 9.17) is 0 Å². The molecule has 0 bridgehead atoms. The summed E-state index contributed by atoms with van der Waals surface area (Å²) in [6, 6.07) is 14.2. The van der Waals surface area contributed by atoms with E-state index in [1.807, 2.05) is 29.6 Å². The first-order valence-corrected chi connectivity index (χ1v) is 9.13. The van der Waals surface area contributed by atoms with Crippen LogP contribution < -0.4 is 5.32 Å². The van der Waals surface area contributed by atoms with Crippen LogP contribution in [0, 0.1) is 5.92 Å². The summed E-state index contributed by atoms with van der Waals surface area (Å²) in [7, 11) is 1.79. The fourth-order valence-electron chi connectivity index (χ4n) is 3.02. The molecule has 2 aromatic rings. The molecule has 4 nitrogen and oxygen atoms in total. The number of amides is 2. The second kappa shape index (κ2) is 7.62. The molecule has 1 aromatic carbocycles. The number of likely N-dealkylation sites (tertiary alicyclic amines) is 1. The van der Waals surface area contributed by atoms with Crippen molar-refractivity contribution < 1.29 is 9.59 Å². The van der Waals surface area contributed by atoms with Crippen molar-refractivity contribution in [3.05, 3.63) is 58.3 Å². The van der Waals surface area contributed by atoms with E-state index in [1.165, 1.54) is 5.56 Å². The molecule has 1 aliphatic rings. The molecule has 0 aliphatic carbocycles. The molecule has 2 heterocycles. The fraction of sp³-hybridized carbons (Fsp3) is 0.368. The number of nitrogens with zero attached hydrogens (tertiary/aromatic N) is 1. The summed E-state index contributed by atoms with van der Waals surface area (Å²) < 4.78 is 0. The molecule has 1 aliphatic heterocycles. The molecule has 0 unspecified atom stereocenters. The third-order valence-electron chi connectivity index (χ3n) is 4.52. The van der Waals surface area contributed by atoms with Crippen LogP contribution in [0.25, 0.3) is 0 Å². The second-order valence-corrected chi connectivity index (χ2v) is 7.25. The van der Waals surface area contributed by atoms with Crippen LogP contribution in [0.2, 0.25) is 0 Å². The molecular formula is C19H22N2O2S. The maximum Gasteiger partial charge on any atom is 0.224 e. The highest BCUT2D eigenvalue weighted by Gasteiger charge is 2.30. The van der Waals surface area contributed by atoms with Gasteiger partial charge in [0.05, 0.1) is 6.04 Å². The molecule has 2 amide bonds. The van der Waals surface area contributed by atoms with Gasteiger partial charge in [-0.25, -0.2) is 0 Å². The maximum absolute atomic E-state index is 12.7. The zero-order chi connectivity index (χ0) is 16.9. The van der Waals surface area contributed by atoms with E-state index < -0.39 is 0 Å². The maximum atomic E-state index is 12.7. The van der Waals surface area contributed by atoms with Gasteiger partial charge in [0.1, 0.15) is 0 Å². The van der Waals surface area contributed by atoms with Gasteiger partial charge in [0.25, 0.3) is 0 Å². The van der Waals surface area contributed by atoms with Crippen molar-refractivity contribution in [2.75, 3.05) is 13.6 Å². The van der Waals surface area contributed by atoms with Crippen molar-refractivity contribution >= 4 is 23.2 Å². The number of hydrogen-bond acceptors (Lipinski definition) is 3. The fourth-order valence-corrected chi connectivity index (χ4v) is 3.80. The largest absolute Gasteiger partial charge is 0.348 e. The smallest absolute Gasteiger partial charge is 0.224 e. The first-order valence-electron chi connectivity index (χ1n) is 8.25. The van der Waals surface area contributed by atoms with E-state index in [2.05, 4.69) is 23.5 Å². The van der Waals surface area contributed by atoms with Crippen molar-refractivity contribution in [3.8, 4) is 0 Å². The lowest BCUT2D eigenvalue weighted by Gasteiger charge is -2.29. The molecule has 0 radical (unpaired) electrons. The minimum Gasteiger partial charge on any atom is -0.348 e. The highest BCUT2D eigenvalue weighted by molar-refractivity contribution is 7.10. The van der Waals surface area contributed by atoms with Crippen LogP contribution in [0.5, 0.6) is 0 Å². The molecule has 2 atom stereocenters. The zero-order valence-electron chi connectivity index (χ0n) is 13.8. The van der Waals surface area contributed by atoms with E-state index in [0.717, 1.165) is 17.7 Å². The van der Waals surface area contributed by atoms with Crippen LogP contribution in [0.3, 0.4) is 0 Å². The second-order valence-electron chi connectivity index (χ2n) is 6.27. The number of nitrogens with one attached hydrogen (secondary N) is 1. The summed E-state index contributed by atoms with van der Waals surface area (Å²) in [5.41, 5.74) is 1.19. The Hall–Kier alpha value is -2.14. The molecule has 3 rings (SSSR count). The third-order valence-corrected chi connectivity index (χ3v) is 5.50. The topological polar surface area (TPSA) is 49.4 Å². The molecule has 1 fully saturated rings. The van der Waals surface area contributed by atoms with E-state index in [0.29, 0.717) is 13.0 Å². The van der Waals surface area contributed by atoms with E-state index in [-0.39, 0.29) is 23.8 Å². The zero-order valence-corrected chi connectivity index (χ0v) is 14.6. The van der Waals surface area contributed by atoms with Crippen LogP contribution in [0.15, 0.2) is 47.8 Å². The Bertz CT molecular complexity index is 685. The van der Waals surface area contributed by atoms with Crippen molar-refractivity contribution in [2.45, 2.75) is 25.3 Å². The molecule has 0 spiro atoms. The predicted molar refractivity (Wildman–Crippen MR) is 95.7 cm³/mol. The first kappa shape index (κ1) is 16.7. The predicted octanol–water partition coefficient (Wildman–Crippen LogP) is 3.02. The Morgan fingerprint density at radius 2 is 2.08 bits per heavy atom. The molecule has 1 aromatic heterocycles. The number of carbonyl (C=O) groups excluding carboxylic acids is 2. The number of thiophene rings is 1. The summed E-state index contributed by atoms with van der Waals surface area (Å²) in [5, 5.41) is 5.20. The van der Waals surface area contributed by atoms with Gasteiger partial charge >= 0.3 is 0 Å². The summed E-state index contributed by atoms with van der Waals surface area (Å²) in [5.74, 6) is -0.171. The number of hydrogen-bond donors (Lipinski definition) is 1. The van der Waals surface area contributed by atoms with Crippen molar-refractivity contribution in [2.24, 2.45) is 5.92 Å². The van der Waals surface area contributed by atoms with Crippen LogP contribution in [-0.4, -0.2) is 30.3 Å². The van der Waals surface area contributed by atoms with Gasteiger partial charge in [-0.05, 0) is 29.9 Å². The van der Waals surface area contributed by atoms with E-state index in [1.54, 1.807) is 23.3 Å². The van der Waals surface area contributed by atoms with E-state index in [9.17, 15) is 9.59 Å². The molecule has 0 saturated carbocycles. The Labute approximate surface area is 146 Å². The number of piperidine rings is 1. The quantitative estimate of drug-likeness (QED) is 0.908. The Balaban J connectivity index is 1.70. The minimum absolute atomic E-state index is 0.00854. The Morgan fingerprint density at radius 3 is 2.75 bits per heavy atom. The summed E-state index contributed by atoms with van der Waals surface area (Å²) in [6.45, 7) is 0.652. The van der Waals surface area contributed by atoms with Crippen molar-refractivity contribution in [1.29, 1.82) is 0 Å². The van der Waals surface area contributed by atoms with Gasteiger partial charge in [-0.2, -0.15) is 0 Å².